The van der Waals surface area contributed by atoms with E-state index >= 15 is 0 Å². The minimum atomic E-state index is -0.0697. The quantitative estimate of drug-likeness (QED) is 0.909. The molecule has 6 heteroatoms. The molecule has 4 nitrogen and oxygen atoms in total. The fourth-order valence-corrected chi connectivity index (χ4v) is 2.80. The number of rotatable bonds is 2. The third-order valence-electron chi connectivity index (χ3n) is 2.70. The molecular formula is C12H15ClN2O2S. The summed E-state index contributed by atoms with van der Waals surface area (Å²) < 4.78 is 5.11. The molecule has 1 N–H and O–H groups in total. The number of nitrogens with one attached hydrogen (secondary N) is 1. The van der Waals surface area contributed by atoms with Gasteiger partial charge in [-0.25, -0.2) is 4.79 Å². The molecule has 98 valence electrons. The summed E-state index contributed by atoms with van der Waals surface area (Å²) in [5.74, 6) is 2.55. The van der Waals surface area contributed by atoms with Crippen LogP contribution in [0.3, 0.4) is 0 Å². The van der Waals surface area contributed by atoms with Crippen LogP contribution in [0.15, 0.2) is 18.2 Å². The molecule has 1 aliphatic rings. The van der Waals surface area contributed by atoms with Gasteiger partial charge in [-0.3, -0.25) is 0 Å². The van der Waals surface area contributed by atoms with Gasteiger partial charge in [-0.05, 0) is 12.1 Å². The molecule has 0 radical (unpaired) electrons. The lowest BCUT2D eigenvalue weighted by molar-refractivity contribution is 0.217. The van der Waals surface area contributed by atoms with E-state index in [9.17, 15) is 4.79 Å². The number of halogens is 1. The Kier molecular flexibility index (Phi) is 4.60. The van der Waals surface area contributed by atoms with Gasteiger partial charge >= 0.3 is 6.03 Å². The van der Waals surface area contributed by atoms with Crippen molar-refractivity contribution in [2.75, 3.05) is 37.0 Å². The van der Waals surface area contributed by atoms with Crippen molar-refractivity contribution in [1.29, 1.82) is 0 Å². The monoisotopic (exact) mass is 286 g/mol. The van der Waals surface area contributed by atoms with Crippen LogP contribution in [0.5, 0.6) is 5.75 Å². The molecule has 0 aliphatic carbocycles. The van der Waals surface area contributed by atoms with E-state index in [4.69, 9.17) is 16.3 Å². The summed E-state index contributed by atoms with van der Waals surface area (Å²) in [6.45, 7) is 1.59. The van der Waals surface area contributed by atoms with Gasteiger partial charge in [0.15, 0.2) is 0 Å². The third-order valence-corrected chi connectivity index (χ3v) is 3.96. The number of hydrogen-bond acceptors (Lipinski definition) is 3. The van der Waals surface area contributed by atoms with Gasteiger partial charge in [-0.15, -0.1) is 0 Å². The highest BCUT2D eigenvalue weighted by molar-refractivity contribution is 7.99. The Bertz CT molecular complexity index is 436. The van der Waals surface area contributed by atoms with Gasteiger partial charge in [0.1, 0.15) is 5.75 Å². The van der Waals surface area contributed by atoms with E-state index in [1.54, 1.807) is 25.3 Å². The van der Waals surface area contributed by atoms with E-state index < -0.39 is 0 Å². The minimum absolute atomic E-state index is 0.0697. The maximum atomic E-state index is 12.0. The fourth-order valence-electron chi connectivity index (χ4n) is 1.71. The predicted molar refractivity (Wildman–Crippen MR) is 75.9 cm³/mol. The number of ether oxygens (including phenoxy) is 1. The molecule has 1 aliphatic heterocycles. The Balaban J connectivity index is 2.02. The second kappa shape index (κ2) is 6.20. The first-order valence-electron chi connectivity index (χ1n) is 5.68. The van der Waals surface area contributed by atoms with Crippen LogP contribution in [0.4, 0.5) is 10.5 Å². The molecule has 0 unspecified atom stereocenters. The molecule has 1 saturated heterocycles. The van der Waals surface area contributed by atoms with Crippen molar-refractivity contribution in [3.63, 3.8) is 0 Å². The van der Waals surface area contributed by atoms with E-state index in [0.29, 0.717) is 16.5 Å². The Morgan fingerprint density at radius 3 is 2.83 bits per heavy atom. The molecule has 2 rings (SSSR count). The van der Waals surface area contributed by atoms with Crippen molar-refractivity contribution in [2.24, 2.45) is 0 Å². The zero-order valence-corrected chi connectivity index (χ0v) is 11.7. The first-order valence-corrected chi connectivity index (χ1v) is 7.21. The zero-order chi connectivity index (χ0) is 13.0. The topological polar surface area (TPSA) is 41.6 Å². The van der Waals surface area contributed by atoms with Crippen LogP contribution in [0.25, 0.3) is 0 Å². The van der Waals surface area contributed by atoms with Crippen LogP contribution in [0.1, 0.15) is 0 Å². The normalized spacial score (nSPS) is 15.3. The number of urea groups is 1. The maximum Gasteiger partial charge on any atom is 0.321 e. The number of amides is 2. The summed E-state index contributed by atoms with van der Waals surface area (Å²) in [6, 6.07) is 5.13. The highest BCUT2D eigenvalue weighted by Crippen LogP contribution is 2.27. The third kappa shape index (κ3) is 3.23. The summed E-state index contributed by atoms with van der Waals surface area (Å²) in [5, 5.41) is 3.38. The number of hydrogen-bond donors (Lipinski definition) is 1. The minimum Gasteiger partial charge on any atom is -0.495 e. The number of methoxy groups -OCH3 is 1. The van der Waals surface area contributed by atoms with Gasteiger partial charge in [0.2, 0.25) is 0 Å². The first-order chi connectivity index (χ1) is 8.70. The average molecular weight is 287 g/mol. The summed E-state index contributed by atoms with van der Waals surface area (Å²) in [6.07, 6.45) is 0. The van der Waals surface area contributed by atoms with Crippen LogP contribution >= 0.6 is 23.4 Å². The number of nitrogens with zero attached hydrogens (tertiary/aromatic N) is 1. The second-order valence-corrected chi connectivity index (χ2v) is 5.51. The lowest BCUT2D eigenvalue weighted by atomic mass is 10.3. The lowest BCUT2D eigenvalue weighted by Crippen LogP contribution is -2.40. The largest absolute Gasteiger partial charge is 0.495 e. The van der Waals surface area contributed by atoms with Crippen molar-refractivity contribution < 1.29 is 9.53 Å². The van der Waals surface area contributed by atoms with Crippen LogP contribution in [0, 0.1) is 0 Å². The number of carbonyl (C=O) groups excluding carboxylic acids is 1. The van der Waals surface area contributed by atoms with Crippen molar-refractivity contribution >= 4 is 35.1 Å². The van der Waals surface area contributed by atoms with E-state index in [1.807, 2.05) is 16.7 Å². The van der Waals surface area contributed by atoms with Crippen LogP contribution in [0.2, 0.25) is 5.02 Å². The molecule has 0 saturated carbocycles. The Labute approximate surface area is 116 Å². The number of carbonyl (C=O) groups is 1. The van der Waals surface area contributed by atoms with Gasteiger partial charge in [-0.1, -0.05) is 11.6 Å². The molecule has 1 heterocycles. The number of thioether (sulfide) groups is 1. The van der Waals surface area contributed by atoms with Gasteiger partial charge in [-0.2, -0.15) is 11.8 Å². The summed E-state index contributed by atoms with van der Waals surface area (Å²) in [4.78, 5) is 13.8. The van der Waals surface area contributed by atoms with Crippen LogP contribution < -0.4 is 10.1 Å². The standard InChI is InChI=1S/C12H15ClN2O2S/c1-17-11-8-9(2-3-10(11)13)14-12(16)15-4-6-18-7-5-15/h2-3,8H,4-7H2,1H3,(H,14,16). The SMILES string of the molecule is COc1cc(NC(=O)N2CCSCC2)ccc1Cl. The summed E-state index contributed by atoms with van der Waals surface area (Å²) >= 11 is 7.80. The van der Waals surface area contributed by atoms with Gasteiger partial charge in [0.05, 0.1) is 12.1 Å². The lowest BCUT2D eigenvalue weighted by Gasteiger charge is -2.26. The van der Waals surface area contributed by atoms with Crippen LogP contribution in [-0.4, -0.2) is 42.6 Å². The first kappa shape index (κ1) is 13.4. The molecule has 0 bridgehead atoms. The van der Waals surface area contributed by atoms with Crippen LogP contribution in [-0.2, 0) is 0 Å². The summed E-state index contributed by atoms with van der Waals surface area (Å²) in [5.41, 5.74) is 0.694. The second-order valence-electron chi connectivity index (χ2n) is 3.88. The maximum absolute atomic E-state index is 12.0. The van der Waals surface area contributed by atoms with Gasteiger partial charge in [0, 0.05) is 36.3 Å². The van der Waals surface area contributed by atoms with Gasteiger partial charge < -0.3 is 15.0 Å². The van der Waals surface area contributed by atoms with Crippen molar-refractivity contribution in [1.82, 2.24) is 4.90 Å². The molecule has 2 amide bonds. The predicted octanol–water partition coefficient (Wildman–Crippen LogP) is 2.93. The number of benzene rings is 1. The van der Waals surface area contributed by atoms with E-state index in [2.05, 4.69) is 5.32 Å². The van der Waals surface area contributed by atoms with Gasteiger partial charge in [0.25, 0.3) is 0 Å². The molecule has 18 heavy (non-hydrogen) atoms. The Morgan fingerprint density at radius 1 is 1.44 bits per heavy atom. The smallest absolute Gasteiger partial charge is 0.321 e. The average Bonchev–Trinajstić information content (AvgIpc) is 2.42. The van der Waals surface area contributed by atoms with E-state index in [0.717, 1.165) is 24.6 Å². The molecule has 0 atom stereocenters. The Morgan fingerprint density at radius 2 is 2.17 bits per heavy atom. The highest BCUT2D eigenvalue weighted by Gasteiger charge is 2.16. The molecule has 1 fully saturated rings. The Hall–Kier alpha value is -1.07. The molecular weight excluding hydrogens is 272 g/mol. The molecule has 0 spiro atoms. The van der Waals surface area contributed by atoms with Crippen molar-refractivity contribution in [3.05, 3.63) is 23.2 Å². The van der Waals surface area contributed by atoms with Crippen molar-refractivity contribution in [2.45, 2.75) is 0 Å². The highest BCUT2D eigenvalue weighted by atomic mass is 35.5. The molecule has 1 aromatic carbocycles. The summed E-state index contributed by atoms with van der Waals surface area (Å²) in [7, 11) is 1.55. The number of anilines is 1. The van der Waals surface area contributed by atoms with Crippen molar-refractivity contribution in [3.8, 4) is 5.75 Å². The van der Waals surface area contributed by atoms with E-state index in [1.165, 1.54) is 0 Å². The van der Waals surface area contributed by atoms with E-state index in [-0.39, 0.29) is 6.03 Å². The molecule has 1 aromatic rings. The fraction of sp³-hybridized carbons (Fsp3) is 0.417. The zero-order valence-electron chi connectivity index (χ0n) is 10.1. The molecule has 0 aromatic heterocycles.